The SMILES string of the molecule is COc1ccccc1NS(=O)(=O)c1ccc2oc(SCC(=O)c3ccc(F)cc3)nc2c1. The number of nitrogens with zero attached hydrogens (tertiary/aromatic N) is 1. The molecule has 3 aromatic carbocycles. The Balaban J connectivity index is 1.51. The van der Waals surface area contributed by atoms with E-state index in [2.05, 4.69) is 9.71 Å². The number of anilines is 1. The molecule has 10 heteroatoms. The molecule has 0 spiro atoms. The first-order chi connectivity index (χ1) is 15.4. The van der Waals surface area contributed by atoms with Crippen LogP contribution < -0.4 is 9.46 Å². The average Bonchev–Trinajstić information content (AvgIpc) is 3.20. The van der Waals surface area contributed by atoms with Gasteiger partial charge in [-0.25, -0.2) is 17.8 Å². The van der Waals surface area contributed by atoms with Crippen molar-refractivity contribution in [1.29, 1.82) is 0 Å². The van der Waals surface area contributed by atoms with Crippen LogP contribution in [-0.2, 0) is 10.0 Å². The smallest absolute Gasteiger partial charge is 0.262 e. The number of methoxy groups -OCH3 is 1. The molecule has 4 aromatic rings. The predicted octanol–water partition coefficient (Wildman–Crippen LogP) is 4.75. The van der Waals surface area contributed by atoms with Crippen LogP contribution in [0.3, 0.4) is 0 Å². The van der Waals surface area contributed by atoms with Gasteiger partial charge in [0.2, 0.25) is 0 Å². The molecule has 164 valence electrons. The van der Waals surface area contributed by atoms with Crippen LogP contribution in [0.25, 0.3) is 11.1 Å². The Morgan fingerprint density at radius 1 is 1.12 bits per heavy atom. The first kappa shape index (κ1) is 21.8. The molecule has 7 nitrogen and oxygen atoms in total. The second-order valence-electron chi connectivity index (χ2n) is 6.63. The molecule has 0 aliphatic heterocycles. The van der Waals surface area contributed by atoms with Gasteiger partial charge >= 0.3 is 0 Å². The van der Waals surface area contributed by atoms with Gasteiger partial charge in [0, 0.05) is 5.56 Å². The number of hydrogen-bond donors (Lipinski definition) is 1. The molecule has 0 unspecified atom stereocenters. The van der Waals surface area contributed by atoms with E-state index >= 15 is 0 Å². The summed E-state index contributed by atoms with van der Waals surface area (Å²) in [5.74, 6) is -0.192. The van der Waals surface area contributed by atoms with E-state index in [1.165, 1.54) is 49.6 Å². The quantitative estimate of drug-likeness (QED) is 0.292. The van der Waals surface area contributed by atoms with Crippen molar-refractivity contribution < 1.29 is 26.8 Å². The third-order valence-electron chi connectivity index (χ3n) is 4.49. The number of fused-ring (bicyclic) bond motifs is 1. The summed E-state index contributed by atoms with van der Waals surface area (Å²) in [6.45, 7) is 0. The highest BCUT2D eigenvalue weighted by atomic mass is 32.2. The summed E-state index contributed by atoms with van der Waals surface area (Å²) in [6, 6.07) is 16.2. The third kappa shape index (κ3) is 4.76. The van der Waals surface area contributed by atoms with Crippen LogP contribution in [0.15, 0.2) is 81.3 Å². The Morgan fingerprint density at radius 3 is 2.62 bits per heavy atom. The van der Waals surface area contributed by atoms with Gasteiger partial charge in [-0.1, -0.05) is 23.9 Å². The molecular formula is C22H17FN2O5S2. The molecule has 0 saturated carbocycles. The second-order valence-corrected chi connectivity index (χ2v) is 9.24. The molecule has 0 saturated heterocycles. The maximum absolute atomic E-state index is 13.0. The summed E-state index contributed by atoms with van der Waals surface area (Å²) >= 11 is 1.07. The number of thioether (sulfide) groups is 1. The van der Waals surface area contributed by atoms with Gasteiger partial charge in [-0.3, -0.25) is 9.52 Å². The zero-order valence-corrected chi connectivity index (χ0v) is 18.4. The minimum atomic E-state index is -3.90. The van der Waals surface area contributed by atoms with Gasteiger partial charge in [-0.15, -0.1) is 0 Å². The number of nitrogens with one attached hydrogen (secondary N) is 1. The molecule has 0 amide bonds. The highest BCUT2D eigenvalue weighted by Crippen LogP contribution is 2.29. The zero-order chi connectivity index (χ0) is 22.7. The topological polar surface area (TPSA) is 98.5 Å². The average molecular weight is 473 g/mol. The molecule has 32 heavy (non-hydrogen) atoms. The van der Waals surface area contributed by atoms with E-state index in [0.29, 0.717) is 28.1 Å². The number of para-hydroxylation sites is 2. The first-order valence-corrected chi connectivity index (χ1v) is 11.8. The van der Waals surface area contributed by atoms with E-state index in [0.717, 1.165) is 11.8 Å². The summed E-state index contributed by atoms with van der Waals surface area (Å²) in [7, 11) is -2.44. The normalized spacial score (nSPS) is 11.4. The van der Waals surface area contributed by atoms with Crippen molar-refractivity contribution in [2.45, 2.75) is 10.1 Å². The largest absolute Gasteiger partial charge is 0.495 e. The third-order valence-corrected chi connectivity index (χ3v) is 6.69. The van der Waals surface area contributed by atoms with Crippen molar-refractivity contribution in [3.63, 3.8) is 0 Å². The Bertz CT molecular complexity index is 1390. The molecule has 1 N–H and O–H groups in total. The number of aromatic nitrogens is 1. The van der Waals surface area contributed by atoms with E-state index in [4.69, 9.17) is 9.15 Å². The number of halogens is 1. The number of oxazole rings is 1. The molecule has 0 bridgehead atoms. The lowest BCUT2D eigenvalue weighted by atomic mass is 10.1. The van der Waals surface area contributed by atoms with Crippen LogP contribution in [-0.4, -0.2) is 32.0 Å². The maximum atomic E-state index is 13.0. The fourth-order valence-corrected chi connectivity index (χ4v) is 4.72. The van der Waals surface area contributed by atoms with E-state index in [1.807, 2.05) is 0 Å². The van der Waals surface area contributed by atoms with E-state index in [9.17, 15) is 17.6 Å². The lowest BCUT2D eigenvalue weighted by molar-refractivity contribution is 0.102. The summed E-state index contributed by atoms with van der Waals surface area (Å²) in [5.41, 5.74) is 1.42. The van der Waals surface area contributed by atoms with Crippen LogP contribution >= 0.6 is 11.8 Å². The van der Waals surface area contributed by atoms with E-state index in [1.54, 1.807) is 24.3 Å². The van der Waals surface area contributed by atoms with Gasteiger partial charge in [-0.05, 0) is 54.6 Å². The minimum Gasteiger partial charge on any atom is -0.495 e. The minimum absolute atomic E-state index is 0.00291. The lowest BCUT2D eigenvalue weighted by Gasteiger charge is -2.11. The van der Waals surface area contributed by atoms with Crippen molar-refractivity contribution in [3.05, 3.63) is 78.1 Å². The first-order valence-electron chi connectivity index (χ1n) is 9.34. The number of hydrogen-bond acceptors (Lipinski definition) is 7. The van der Waals surface area contributed by atoms with Crippen molar-refractivity contribution in [1.82, 2.24) is 4.98 Å². The maximum Gasteiger partial charge on any atom is 0.262 e. The number of sulfonamides is 1. The number of ketones is 1. The van der Waals surface area contributed by atoms with E-state index < -0.39 is 15.8 Å². The van der Waals surface area contributed by atoms with Crippen LogP contribution in [0.5, 0.6) is 5.75 Å². The number of carbonyl (C=O) groups excluding carboxylic acids is 1. The highest BCUT2D eigenvalue weighted by Gasteiger charge is 2.19. The van der Waals surface area contributed by atoms with Crippen molar-refractivity contribution >= 4 is 44.4 Å². The number of ether oxygens (including phenoxy) is 1. The van der Waals surface area contributed by atoms with Crippen LogP contribution in [0.4, 0.5) is 10.1 Å². The standard InChI is InChI=1S/C22H17FN2O5S2/c1-29-20-5-3-2-4-17(20)25-32(27,28)16-10-11-21-18(12-16)24-22(30-21)31-13-19(26)14-6-8-15(23)9-7-14/h2-12,25H,13H2,1H3. The fraction of sp³-hybridized carbons (Fsp3) is 0.0909. The van der Waals surface area contributed by atoms with Gasteiger partial charge in [0.05, 0.1) is 23.4 Å². The lowest BCUT2D eigenvalue weighted by Crippen LogP contribution is -2.13. The second kappa shape index (κ2) is 9.01. The monoisotopic (exact) mass is 472 g/mol. The Hall–Kier alpha value is -3.37. The predicted molar refractivity (Wildman–Crippen MR) is 119 cm³/mol. The number of rotatable bonds is 8. The van der Waals surface area contributed by atoms with E-state index in [-0.39, 0.29) is 21.7 Å². The molecule has 0 fully saturated rings. The summed E-state index contributed by atoms with van der Waals surface area (Å²) < 4.78 is 51.9. The molecular weight excluding hydrogens is 455 g/mol. The van der Waals surface area contributed by atoms with Gasteiger partial charge in [0.15, 0.2) is 11.4 Å². The molecule has 1 aromatic heterocycles. The number of carbonyl (C=O) groups is 1. The van der Waals surface area contributed by atoms with Crippen LogP contribution in [0.1, 0.15) is 10.4 Å². The summed E-state index contributed by atoms with van der Waals surface area (Å²) in [5, 5.41) is 0.225. The van der Waals surface area contributed by atoms with Crippen molar-refractivity contribution in [2.75, 3.05) is 17.6 Å². The van der Waals surface area contributed by atoms with Crippen molar-refractivity contribution in [2.24, 2.45) is 0 Å². The zero-order valence-electron chi connectivity index (χ0n) is 16.7. The Kier molecular flexibility index (Phi) is 6.15. The van der Waals surface area contributed by atoms with Crippen molar-refractivity contribution in [3.8, 4) is 5.75 Å². The number of benzene rings is 3. The summed E-state index contributed by atoms with van der Waals surface area (Å²) in [4.78, 5) is 16.5. The fourth-order valence-electron chi connectivity index (χ4n) is 2.89. The Labute approximate surface area is 187 Å². The molecule has 1 heterocycles. The van der Waals surface area contributed by atoms with Gasteiger partial charge < -0.3 is 9.15 Å². The van der Waals surface area contributed by atoms with Crippen LogP contribution in [0, 0.1) is 5.82 Å². The number of Topliss-reactive ketones (excluding diaryl/α,β-unsaturated/α-hetero) is 1. The Morgan fingerprint density at radius 2 is 1.88 bits per heavy atom. The van der Waals surface area contributed by atoms with Crippen LogP contribution in [0.2, 0.25) is 0 Å². The summed E-state index contributed by atoms with van der Waals surface area (Å²) in [6.07, 6.45) is 0. The molecule has 0 aliphatic rings. The molecule has 4 rings (SSSR count). The molecule has 0 radical (unpaired) electrons. The van der Waals surface area contributed by atoms with Gasteiger partial charge in [0.25, 0.3) is 15.2 Å². The molecule has 0 aliphatic carbocycles. The van der Waals surface area contributed by atoms with Gasteiger partial charge in [0.1, 0.15) is 17.1 Å². The van der Waals surface area contributed by atoms with Gasteiger partial charge in [-0.2, -0.15) is 0 Å². The highest BCUT2D eigenvalue weighted by molar-refractivity contribution is 7.99. The molecule has 0 atom stereocenters.